The standard InChI is InChI=1S/C11H10BrClN4/c1-7(8-2-4-14-5-3-8)16-10-9(12)6-15-11(13)17-10/h2-7H,1H3,(H,15,16,17). The summed E-state index contributed by atoms with van der Waals surface area (Å²) in [4.78, 5) is 12.0. The first-order chi connectivity index (χ1) is 8.16. The van der Waals surface area contributed by atoms with E-state index in [2.05, 4.69) is 36.2 Å². The normalized spacial score (nSPS) is 12.2. The molecule has 0 aromatic carbocycles. The fourth-order valence-corrected chi connectivity index (χ4v) is 1.83. The number of nitrogens with one attached hydrogen (secondary N) is 1. The van der Waals surface area contributed by atoms with Crippen molar-refractivity contribution in [2.75, 3.05) is 5.32 Å². The number of aromatic nitrogens is 3. The molecule has 0 aliphatic heterocycles. The fraction of sp³-hybridized carbons (Fsp3) is 0.182. The van der Waals surface area contributed by atoms with E-state index in [1.165, 1.54) is 0 Å². The van der Waals surface area contributed by atoms with Crippen LogP contribution in [0.25, 0.3) is 0 Å². The number of hydrogen-bond donors (Lipinski definition) is 1. The van der Waals surface area contributed by atoms with Crippen molar-refractivity contribution in [2.24, 2.45) is 0 Å². The molecule has 0 radical (unpaired) electrons. The molecule has 0 bridgehead atoms. The van der Waals surface area contributed by atoms with E-state index < -0.39 is 0 Å². The highest BCUT2D eigenvalue weighted by molar-refractivity contribution is 9.10. The molecule has 0 saturated carbocycles. The number of nitrogens with zero attached hydrogens (tertiary/aromatic N) is 3. The van der Waals surface area contributed by atoms with Gasteiger partial charge in [0.1, 0.15) is 5.82 Å². The second kappa shape index (κ2) is 5.42. The highest BCUT2D eigenvalue weighted by Gasteiger charge is 2.09. The fourth-order valence-electron chi connectivity index (χ4n) is 1.39. The van der Waals surface area contributed by atoms with E-state index in [1.54, 1.807) is 18.6 Å². The van der Waals surface area contributed by atoms with Crippen LogP contribution in [0.3, 0.4) is 0 Å². The molecule has 4 nitrogen and oxygen atoms in total. The van der Waals surface area contributed by atoms with Gasteiger partial charge in [0.05, 0.1) is 10.5 Å². The van der Waals surface area contributed by atoms with Crippen LogP contribution >= 0.6 is 27.5 Å². The van der Waals surface area contributed by atoms with Crippen LogP contribution in [0.2, 0.25) is 5.28 Å². The molecule has 2 aromatic heterocycles. The average molecular weight is 314 g/mol. The maximum Gasteiger partial charge on any atom is 0.224 e. The van der Waals surface area contributed by atoms with Gasteiger partial charge in [-0.25, -0.2) is 4.98 Å². The lowest BCUT2D eigenvalue weighted by Crippen LogP contribution is -2.08. The van der Waals surface area contributed by atoms with Crippen LogP contribution in [0.4, 0.5) is 5.82 Å². The van der Waals surface area contributed by atoms with Crippen LogP contribution in [-0.4, -0.2) is 15.0 Å². The zero-order valence-corrected chi connectivity index (χ0v) is 11.4. The van der Waals surface area contributed by atoms with Gasteiger partial charge in [-0.2, -0.15) is 4.98 Å². The highest BCUT2D eigenvalue weighted by atomic mass is 79.9. The van der Waals surface area contributed by atoms with Gasteiger partial charge in [0.2, 0.25) is 5.28 Å². The number of rotatable bonds is 3. The Bertz CT molecular complexity index is 506. The monoisotopic (exact) mass is 312 g/mol. The van der Waals surface area contributed by atoms with Crippen molar-refractivity contribution in [3.63, 3.8) is 0 Å². The molecule has 1 N–H and O–H groups in total. The van der Waals surface area contributed by atoms with Crippen molar-refractivity contribution in [3.05, 3.63) is 46.0 Å². The molecule has 0 spiro atoms. The summed E-state index contributed by atoms with van der Waals surface area (Å²) in [7, 11) is 0. The summed E-state index contributed by atoms with van der Waals surface area (Å²) in [6.45, 7) is 2.04. The summed E-state index contributed by atoms with van der Waals surface area (Å²) in [6, 6.07) is 4.02. The summed E-state index contributed by atoms with van der Waals surface area (Å²) in [5.41, 5.74) is 1.13. The van der Waals surface area contributed by atoms with Crippen LogP contribution in [0, 0.1) is 0 Å². The third-order valence-electron chi connectivity index (χ3n) is 2.27. The molecule has 0 saturated heterocycles. The van der Waals surface area contributed by atoms with E-state index in [1.807, 2.05) is 19.1 Å². The SMILES string of the molecule is CC(Nc1nc(Cl)ncc1Br)c1ccncc1. The maximum atomic E-state index is 5.75. The van der Waals surface area contributed by atoms with Gasteiger partial charge in [0.15, 0.2) is 0 Å². The molecule has 0 aliphatic carbocycles. The molecular weight excluding hydrogens is 304 g/mol. The van der Waals surface area contributed by atoms with Crippen LogP contribution in [-0.2, 0) is 0 Å². The summed E-state index contributed by atoms with van der Waals surface area (Å²) in [5, 5.41) is 3.48. The smallest absolute Gasteiger partial charge is 0.224 e. The maximum absolute atomic E-state index is 5.75. The van der Waals surface area contributed by atoms with Crippen LogP contribution in [0.15, 0.2) is 35.2 Å². The van der Waals surface area contributed by atoms with Crippen LogP contribution in [0.1, 0.15) is 18.5 Å². The molecule has 1 atom stereocenters. The van der Waals surface area contributed by atoms with Gasteiger partial charge in [0.25, 0.3) is 0 Å². The lowest BCUT2D eigenvalue weighted by Gasteiger charge is -2.15. The summed E-state index contributed by atoms with van der Waals surface area (Å²) in [6.07, 6.45) is 5.14. The Morgan fingerprint density at radius 1 is 1.35 bits per heavy atom. The first kappa shape index (κ1) is 12.3. The summed E-state index contributed by atoms with van der Waals surface area (Å²) in [5.74, 6) is 0.675. The zero-order chi connectivity index (χ0) is 12.3. The van der Waals surface area contributed by atoms with E-state index in [9.17, 15) is 0 Å². The Hall–Kier alpha value is -1.20. The molecule has 17 heavy (non-hydrogen) atoms. The Balaban J connectivity index is 2.18. The quantitative estimate of drug-likeness (QED) is 0.882. The van der Waals surface area contributed by atoms with Crippen molar-refractivity contribution in [1.29, 1.82) is 0 Å². The van der Waals surface area contributed by atoms with Crippen LogP contribution in [0.5, 0.6) is 0 Å². The van der Waals surface area contributed by atoms with E-state index in [-0.39, 0.29) is 11.3 Å². The second-order valence-corrected chi connectivity index (χ2v) is 4.67. The predicted octanol–water partition coefficient (Wildman–Crippen LogP) is 3.46. The Morgan fingerprint density at radius 3 is 2.76 bits per heavy atom. The van der Waals surface area contributed by atoms with E-state index >= 15 is 0 Å². The number of pyridine rings is 1. The molecule has 2 aromatic rings. The lowest BCUT2D eigenvalue weighted by atomic mass is 10.1. The first-order valence-corrected chi connectivity index (χ1v) is 6.18. The van der Waals surface area contributed by atoms with Gasteiger partial charge in [-0.3, -0.25) is 4.98 Å². The Morgan fingerprint density at radius 2 is 2.06 bits per heavy atom. The third-order valence-corrected chi connectivity index (χ3v) is 3.04. The minimum atomic E-state index is 0.111. The number of anilines is 1. The molecule has 88 valence electrons. The minimum Gasteiger partial charge on any atom is -0.362 e. The second-order valence-electron chi connectivity index (χ2n) is 3.48. The van der Waals surface area contributed by atoms with Crippen molar-refractivity contribution >= 4 is 33.3 Å². The summed E-state index contributed by atoms with van der Waals surface area (Å²) >= 11 is 9.13. The largest absolute Gasteiger partial charge is 0.362 e. The number of hydrogen-bond acceptors (Lipinski definition) is 4. The van der Waals surface area contributed by atoms with Gasteiger partial charge in [-0.05, 0) is 52.2 Å². The van der Waals surface area contributed by atoms with E-state index in [0.717, 1.165) is 10.0 Å². The first-order valence-electron chi connectivity index (χ1n) is 5.01. The van der Waals surface area contributed by atoms with Gasteiger partial charge < -0.3 is 5.32 Å². The predicted molar refractivity (Wildman–Crippen MR) is 71.0 cm³/mol. The average Bonchev–Trinajstić information content (AvgIpc) is 2.35. The molecule has 2 heterocycles. The molecular formula is C11H10BrClN4. The van der Waals surface area contributed by atoms with Gasteiger partial charge >= 0.3 is 0 Å². The third kappa shape index (κ3) is 3.14. The molecule has 6 heteroatoms. The number of halogens is 2. The zero-order valence-electron chi connectivity index (χ0n) is 9.06. The highest BCUT2D eigenvalue weighted by Crippen LogP contribution is 2.24. The van der Waals surface area contributed by atoms with Crippen molar-refractivity contribution in [2.45, 2.75) is 13.0 Å². The molecule has 0 aliphatic rings. The van der Waals surface area contributed by atoms with Gasteiger partial charge in [-0.15, -0.1) is 0 Å². The van der Waals surface area contributed by atoms with Gasteiger partial charge in [0, 0.05) is 18.6 Å². The molecule has 2 rings (SSSR count). The molecule has 0 amide bonds. The molecule has 1 unspecified atom stereocenters. The van der Waals surface area contributed by atoms with Gasteiger partial charge in [-0.1, -0.05) is 0 Å². The van der Waals surface area contributed by atoms with Crippen LogP contribution < -0.4 is 5.32 Å². The van der Waals surface area contributed by atoms with Crippen molar-refractivity contribution < 1.29 is 0 Å². The van der Waals surface area contributed by atoms with Crippen molar-refractivity contribution in [3.8, 4) is 0 Å². The lowest BCUT2D eigenvalue weighted by molar-refractivity contribution is 0.866. The molecule has 0 fully saturated rings. The van der Waals surface area contributed by atoms with E-state index in [0.29, 0.717) is 5.82 Å². The topological polar surface area (TPSA) is 50.7 Å². The van der Waals surface area contributed by atoms with Crippen molar-refractivity contribution in [1.82, 2.24) is 15.0 Å². The minimum absolute atomic E-state index is 0.111. The summed E-state index contributed by atoms with van der Waals surface area (Å²) < 4.78 is 0.780. The Labute approximate surface area is 113 Å². The van der Waals surface area contributed by atoms with E-state index in [4.69, 9.17) is 11.6 Å². The Kier molecular flexibility index (Phi) is 3.91.